The van der Waals surface area contributed by atoms with Crippen LogP contribution in [0.4, 0.5) is 5.00 Å². The van der Waals surface area contributed by atoms with Crippen molar-refractivity contribution < 1.29 is 4.92 Å². The molecule has 0 radical (unpaired) electrons. The van der Waals surface area contributed by atoms with Gasteiger partial charge in [0.05, 0.1) is 4.92 Å². The average molecular weight is 288 g/mol. The first-order chi connectivity index (χ1) is 9.72. The number of benzene rings is 1. The Hall–Kier alpha value is -1.72. The number of fused-ring (bicyclic) bond motifs is 1. The van der Waals surface area contributed by atoms with Gasteiger partial charge in [0, 0.05) is 23.5 Å². The summed E-state index contributed by atoms with van der Waals surface area (Å²) in [4.78, 5) is 11.3. The smallest absolute Gasteiger partial charge is 0.309 e. The second-order valence-electron chi connectivity index (χ2n) is 5.09. The largest absolute Gasteiger partial charge is 0.324 e. The number of rotatable bonds is 4. The van der Waals surface area contributed by atoms with Gasteiger partial charge in [0.25, 0.3) is 0 Å². The van der Waals surface area contributed by atoms with Crippen LogP contribution in [0.2, 0.25) is 0 Å². The number of nitro groups is 1. The zero-order valence-corrected chi connectivity index (χ0v) is 11.9. The Morgan fingerprint density at radius 2 is 2.05 bits per heavy atom. The molecule has 0 amide bonds. The van der Waals surface area contributed by atoms with Crippen molar-refractivity contribution in [3.05, 3.63) is 62.5 Å². The van der Waals surface area contributed by atoms with Crippen LogP contribution in [-0.4, -0.2) is 11.0 Å². The molecule has 3 rings (SSSR count). The lowest BCUT2D eigenvalue weighted by atomic mass is 9.88. The van der Waals surface area contributed by atoms with Crippen LogP contribution >= 0.6 is 11.3 Å². The van der Waals surface area contributed by atoms with Gasteiger partial charge in [-0.3, -0.25) is 10.1 Å². The summed E-state index contributed by atoms with van der Waals surface area (Å²) in [5, 5.41) is 14.4. The van der Waals surface area contributed by atoms with E-state index < -0.39 is 0 Å². The van der Waals surface area contributed by atoms with Crippen molar-refractivity contribution in [2.24, 2.45) is 0 Å². The van der Waals surface area contributed by atoms with E-state index in [1.165, 1.54) is 22.5 Å². The molecule has 0 spiro atoms. The molecule has 0 saturated heterocycles. The Balaban J connectivity index is 1.58. The molecule has 1 unspecified atom stereocenters. The van der Waals surface area contributed by atoms with Crippen molar-refractivity contribution in [3.63, 3.8) is 0 Å². The van der Waals surface area contributed by atoms with Crippen molar-refractivity contribution in [1.29, 1.82) is 0 Å². The molecule has 1 atom stereocenters. The minimum atomic E-state index is -0.328. The SMILES string of the molecule is O=[N+]([O-])c1ccc(CNC2CCc3ccccc3C2)s1. The van der Waals surface area contributed by atoms with E-state index in [-0.39, 0.29) is 9.92 Å². The third-order valence-corrected chi connectivity index (χ3v) is 4.78. The highest BCUT2D eigenvalue weighted by atomic mass is 32.1. The second kappa shape index (κ2) is 5.73. The van der Waals surface area contributed by atoms with E-state index >= 15 is 0 Å². The molecule has 1 aliphatic carbocycles. The fourth-order valence-electron chi connectivity index (χ4n) is 2.68. The van der Waals surface area contributed by atoms with Crippen molar-refractivity contribution in [3.8, 4) is 0 Å². The molecule has 1 aromatic heterocycles. The van der Waals surface area contributed by atoms with Crippen molar-refractivity contribution in [2.75, 3.05) is 0 Å². The van der Waals surface area contributed by atoms with Crippen LogP contribution in [0.1, 0.15) is 22.4 Å². The Bertz CT molecular complexity index is 624. The van der Waals surface area contributed by atoms with E-state index in [0.717, 1.165) is 24.1 Å². The molecule has 0 saturated carbocycles. The molecule has 0 fully saturated rings. The van der Waals surface area contributed by atoms with Gasteiger partial charge in [0.2, 0.25) is 0 Å². The fraction of sp³-hybridized carbons (Fsp3) is 0.333. The van der Waals surface area contributed by atoms with Gasteiger partial charge in [-0.1, -0.05) is 35.6 Å². The summed E-state index contributed by atoms with van der Waals surface area (Å²) in [6, 6.07) is 12.5. The molecule has 1 heterocycles. The Morgan fingerprint density at radius 1 is 1.25 bits per heavy atom. The first kappa shape index (κ1) is 13.3. The molecule has 104 valence electrons. The van der Waals surface area contributed by atoms with Gasteiger partial charge in [-0.05, 0) is 36.5 Å². The monoisotopic (exact) mass is 288 g/mol. The number of hydrogen-bond acceptors (Lipinski definition) is 4. The normalized spacial score (nSPS) is 17.7. The van der Waals surface area contributed by atoms with Crippen LogP contribution in [0.5, 0.6) is 0 Å². The van der Waals surface area contributed by atoms with E-state index in [9.17, 15) is 10.1 Å². The molecule has 2 aromatic rings. The maximum absolute atomic E-state index is 10.7. The summed E-state index contributed by atoms with van der Waals surface area (Å²) < 4.78 is 0. The molecular formula is C15H16N2O2S. The van der Waals surface area contributed by atoms with Gasteiger partial charge >= 0.3 is 5.00 Å². The molecule has 5 heteroatoms. The van der Waals surface area contributed by atoms with Gasteiger partial charge in [-0.25, -0.2) is 0 Å². The predicted molar refractivity (Wildman–Crippen MR) is 80.1 cm³/mol. The fourth-order valence-corrected chi connectivity index (χ4v) is 3.45. The summed E-state index contributed by atoms with van der Waals surface area (Å²) in [6.07, 6.45) is 3.28. The van der Waals surface area contributed by atoms with E-state index in [4.69, 9.17) is 0 Å². The van der Waals surface area contributed by atoms with Crippen LogP contribution in [0.25, 0.3) is 0 Å². The molecule has 0 aliphatic heterocycles. The second-order valence-corrected chi connectivity index (χ2v) is 6.23. The van der Waals surface area contributed by atoms with Crippen molar-refractivity contribution >= 4 is 16.3 Å². The van der Waals surface area contributed by atoms with Crippen LogP contribution in [-0.2, 0) is 19.4 Å². The highest BCUT2D eigenvalue weighted by Gasteiger charge is 2.18. The van der Waals surface area contributed by atoms with Crippen LogP contribution < -0.4 is 5.32 Å². The molecular weight excluding hydrogens is 272 g/mol. The van der Waals surface area contributed by atoms with Gasteiger partial charge in [0.15, 0.2) is 0 Å². The maximum atomic E-state index is 10.7. The lowest BCUT2D eigenvalue weighted by Gasteiger charge is -2.25. The zero-order valence-electron chi connectivity index (χ0n) is 11.0. The number of aryl methyl sites for hydroxylation is 1. The molecule has 1 N–H and O–H groups in total. The topological polar surface area (TPSA) is 55.2 Å². The average Bonchev–Trinajstić information content (AvgIpc) is 2.94. The summed E-state index contributed by atoms with van der Waals surface area (Å²) in [7, 11) is 0. The Labute approximate surface area is 121 Å². The molecule has 0 bridgehead atoms. The first-order valence-electron chi connectivity index (χ1n) is 6.75. The van der Waals surface area contributed by atoms with Crippen molar-refractivity contribution in [1.82, 2.24) is 5.32 Å². The van der Waals surface area contributed by atoms with Crippen LogP contribution in [0, 0.1) is 10.1 Å². The summed E-state index contributed by atoms with van der Waals surface area (Å²) >= 11 is 1.25. The quantitative estimate of drug-likeness (QED) is 0.693. The summed E-state index contributed by atoms with van der Waals surface area (Å²) in [6.45, 7) is 0.714. The standard InChI is InChI=1S/C15H16N2O2S/c18-17(19)15-8-7-14(20-15)10-16-13-6-5-11-3-1-2-4-12(11)9-13/h1-4,7-8,13,16H,5-6,9-10H2. The van der Waals surface area contributed by atoms with Gasteiger partial charge < -0.3 is 5.32 Å². The number of thiophene rings is 1. The molecule has 1 aliphatic rings. The third-order valence-electron chi connectivity index (χ3n) is 3.74. The molecule has 4 nitrogen and oxygen atoms in total. The van der Waals surface area contributed by atoms with Crippen molar-refractivity contribution in [2.45, 2.75) is 31.8 Å². The predicted octanol–water partition coefficient (Wildman–Crippen LogP) is 3.30. The Kier molecular flexibility index (Phi) is 3.80. The minimum Gasteiger partial charge on any atom is -0.309 e. The minimum absolute atomic E-state index is 0.218. The van der Waals surface area contributed by atoms with Gasteiger partial charge in [-0.2, -0.15) is 0 Å². The van der Waals surface area contributed by atoms with E-state index in [0.29, 0.717) is 12.6 Å². The summed E-state index contributed by atoms with van der Waals surface area (Å²) in [5.74, 6) is 0. The number of nitrogens with zero attached hydrogens (tertiary/aromatic N) is 1. The zero-order chi connectivity index (χ0) is 13.9. The first-order valence-corrected chi connectivity index (χ1v) is 7.57. The Morgan fingerprint density at radius 3 is 2.80 bits per heavy atom. The molecule has 20 heavy (non-hydrogen) atoms. The number of nitrogens with one attached hydrogen (secondary N) is 1. The van der Waals surface area contributed by atoms with Gasteiger partial charge in [-0.15, -0.1) is 0 Å². The maximum Gasteiger partial charge on any atom is 0.324 e. The third kappa shape index (κ3) is 2.89. The van der Waals surface area contributed by atoms with E-state index in [1.54, 1.807) is 6.07 Å². The highest BCUT2D eigenvalue weighted by molar-refractivity contribution is 7.15. The summed E-state index contributed by atoms with van der Waals surface area (Å²) in [5.41, 5.74) is 2.88. The van der Waals surface area contributed by atoms with E-state index in [2.05, 4.69) is 29.6 Å². The lowest BCUT2D eigenvalue weighted by Crippen LogP contribution is -2.33. The van der Waals surface area contributed by atoms with Crippen LogP contribution in [0.15, 0.2) is 36.4 Å². The highest BCUT2D eigenvalue weighted by Crippen LogP contribution is 2.25. The lowest BCUT2D eigenvalue weighted by molar-refractivity contribution is -0.380. The van der Waals surface area contributed by atoms with Crippen LogP contribution in [0.3, 0.4) is 0 Å². The number of hydrogen-bond donors (Lipinski definition) is 1. The molecule has 1 aromatic carbocycles. The van der Waals surface area contributed by atoms with E-state index in [1.807, 2.05) is 6.07 Å². The van der Waals surface area contributed by atoms with Gasteiger partial charge in [0.1, 0.15) is 0 Å².